The van der Waals surface area contributed by atoms with Crippen LogP contribution in [0.2, 0.25) is 0 Å². The number of rotatable bonds is 1. The molecule has 1 aliphatic rings. The van der Waals surface area contributed by atoms with Gasteiger partial charge in [0.15, 0.2) is 0 Å². The molecule has 0 bridgehead atoms. The highest BCUT2D eigenvalue weighted by Gasteiger charge is 2.25. The fourth-order valence-electron chi connectivity index (χ4n) is 1.39. The first-order valence-corrected chi connectivity index (χ1v) is 3.72. The second-order valence-electron chi connectivity index (χ2n) is 2.85. The van der Waals surface area contributed by atoms with E-state index in [9.17, 15) is 4.79 Å². The molecule has 1 saturated carbocycles. The molecule has 0 aliphatic heterocycles. The molecule has 1 fully saturated rings. The molecular formula is C8H12NO+. The van der Waals surface area contributed by atoms with E-state index in [2.05, 4.69) is 4.85 Å². The summed E-state index contributed by atoms with van der Waals surface area (Å²) in [7, 11) is 0. The number of aldehydes is 1. The van der Waals surface area contributed by atoms with Crippen molar-refractivity contribution in [3.05, 3.63) is 4.85 Å². The van der Waals surface area contributed by atoms with Crippen molar-refractivity contribution in [2.75, 3.05) is 0 Å². The molecule has 0 aromatic carbocycles. The highest BCUT2D eigenvalue weighted by molar-refractivity contribution is 5.53. The smallest absolute Gasteiger partial charge is 0.272 e. The summed E-state index contributed by atoms with van der Waals surface area (Å²) in [5.41, 5.74) is 0. The molecule has 0 heterocycles. The van der Waals surface area contributed by atoms with Crippen LogP contribution in [0.25, 0.3) is 4.85 Å². The molecule has 0 unspecified atom stereocenters. The Bertz CT molecular complexity index is 151. The van der Waals surface area contributed by atoms with E-state index in [1.54, 1.807) is 0 Å². The van der Waals surface area contributed by atoms with Crippen LogP contribution in [0.1, 0.15) is 25.7 Å². The SMILES string of the molecule is C#[N+]C1CCC(C=O)CC1. The van der Waals surface area contributed by atoms with Crippen LogP contribution in [0.5, 0.6) is 0 Å². The second kappa shape index (κ2) is 3.36. The van der Waals surface area contributed by atoms with Crippen molar-refractivity contribution in [3.8, 4) is 6.57 Å². The van der Waals surface area contributed by atoms with E-state index in [-0.39, 0.29) is 5.92 Å². The van der Waals surface area contributed by atoms with Crippen molar-refractivity contribution in [3.63, 3.8) is 0 Å². The van der Waals surface area contributed by atoms with E-state index >= 15 is 0 Å². The standard InChI is InChI=1S/C8H12NO/c1-9-8-4-2-7(6-10)3-5-8/h1,6-8H,2-5H2/q+1. The van der Waals surface area contributed by atoms with Gasteiger partial charge in [0.05, 0.1) is 0 Å². The van der Waals surface area contributed by atoms with Gasteiger partial charge in [-0.3, -0.25) is 0 Å². The summed E-state index contributed by atoms with van der Waals surface area (Å²) in [5.74, 6) is 0.276. The highest BCUT2D eigenvalue weighted by atomic mass is 16.1. The number of nitrogens with zero attached hydrogens (tertiary/aromatic N) is 1. The van der Waals surface area contributed by atoms with Gasteiger partial charge in [0.1, 0.15) is 6.29 Å². The first-order chi connectivity index (χ1) is 4.86. The molecule has 0 spiro atoms. The van der Waals surface area contributed by atoms with Crippen LogP contribution in [0.3, 0.4) is 0 Å². The minimum Gasteiger partial charge on any atom is -0.303 e. The molecular weight excluding hydrogens is 126 g/mol. The Kier molecular flexibility index (Phi) is 2.44. The summed E-state index contributed by atoms with van der Waals surface area (Å²) in [6, 6.07) is 0.316. The average Bonchev–Trinajstić information content (AvgIpc) is 2.05. The van der Waals surface area contributed by atoms with Crippen molar-refractivity contribution in [1.82, 2.24) is 0 Å². The van der Waals surface area contributed by atoms with Gasteiger partial charge in [0.25, 0.3) is 12.6 Å². The first kappa shape index (κ1) is 7.27. The third kappa shape index (κ3) is 1.57. The van der Waals surface area contributed by atoms with Gasteiger partial charge in [-0.25, -0.2) is 0 Å². The van der Waals surface area contributed by atoms with E-state index in [0.717, 1.165) is 32.0 Å². The van der Waals surface area contributed by atoms with Crippen LogP contribution >= 0.6 is 0 Å². The van der Waals surface area contributed by atoms with Crippen molar-refractivity contribution in [2.45, 2.75) is 31.7 Å². The van der Waals surface area contributed by atoms with E-state index < -0.39 is 0 Å². The van der Waals surface area contributed by atoms with E-state index in [0.29, 0.717) is 6.04 Å². The van der Waals surface area contributed by atoms with Crippen molar-refractivity contribution in [2.24, 2.45) is 5.92 Å². The molecule has 1 aliphatic carbocycles. The third-order valence-corrected chi connectivity index (χ3v) is 2.14. The van der Waals surface area contributed by atoms with E-state index in [4.69, 9.17) is 6.57 Å². The van der Waals surface area contributed by atoms with Crippen molar-refractivity contribution < 1.29 is 4.79 Å². The number of carbonyl (C=O) groups is 1. The normalized spacial score (nSPS) is 32.7. The molecule has 2 heteroatoms. The monoisotopic (exact) mass is 138 g/mol. The predicted molar refractivity (Wildman–Crippen MR) is 40.1 cm³/mol. The van der Waals surface area contributed by atoms with Crippen LogP contribution in [-0.4, -0.2) is 12.3 Å². The molecule has 0 radical (unpaired) electrons. The second-order valence-corrected chi connectivity index (χ2v) is 2.85. The minimum atomic E-state index is 0.276. The Morgan fingerprint density at radius 2 is 1.90 bits per heavy atom. The molecule has 0 N–H and O–H groups in total. The topological polar surface area (TPSA) is 21.4 Å². The summed E-state index contributed by atoms with van der Waals surface area (Å²) in [4.78, 5) is 14.0. The van der Waals surface area contributed by atoms with Crippen LogP contribution in [-0.2, 0) is 4.79 Å². The maximum atomic E-state index is 10.3. The van der Waals surface area contributed by atoms with Gasteiger partial charge in [0, 0.05) is 18.8 Å². The molecule has 1 rings (SSSR count). The Hall–Kier alpha value is -0.840. The maximum absolute atomic E-state index is 10.3. The van der Waals surface area contributed by atoms with Crippen LogP contribution in [0.15, 0.2) is 0 Å². The molecule has 0 atom stereocenters. The quantitative estimate of drug-likeness (QED) is 0.505. The maximum Gasteiger partial charge on any atom is 0.272 e. The van der Waals surface area contributed by atoms with Crippen LogP contribution in [0, 0.1) is 12.5 Å². The number of hydrogen-bond acceptors (Lipinski definition) is 1. The lowest BCUT2D eigenvalue weighted by Gasteiger charge is -2.14. The molecule has 0 aromatic heterocycles. The van der Waals surface area contributed by atoms with E-state index in [1.165, 1.54) is 0 Å². The number of hydrogen-bond donors (Lipinski definition) is 0. The van der Waals surface area contributed by atoms with Gasteiger partial charge in [-0.1, -0.05) is 4.85 Å². The lowest BCUT2D eigenvalue weighted by molar-refractivity contribution is -0.111. The van der Waals surface area contributed by atoms with Crippen LogP contribution < -0.4 is 0 Å². The fraction of sp³-hybridized carbons (Fsp3) is 0.750. The predicted octanol–water partition coefficient (Wildman–Crippen LogP) is 1.71. The minimum absolute atomic E-state index is 0.276. The zero-order chi connectivity index (χ0) is 7.40. The molecule has 2 nitrogen and oxygen atoms in total. The average molecular weight is 138 g/mol. The summed E-state index contributed by atoms with van der Waals surface area (Å²) < 4.78 is 0. The molecule has 54 valence electrons. The zero-order valence-electron chi connectivity index (χ0n) is 5.99. The Labute approximate surface area is 61.1 Å². The van der Waals surface area contributed by atoms with Gasteiger partial charge >= 0.3 is 0 Å². The summed E-state index contributed by atoms with van der Waals surface area (Å²) in [6.45, 7) is 5.13. The van der Waals surface area contributed by atoms with Gasteiger partial charge in [-0.2, -0.15) is 0 Å². The fourth-order valence-corrected chi connectivity index (χ4v) is 1.39. The van der Waals surface area contributed by atoms with Crippen LogP contribution in [0.4, 0.5) is 0 Å². The molecule has 0 aromatic rings. The number of carbonyl (C=O) groups excluding carboxylic acids is 1. The lowest BCUT2D eigenvalue weighted by atomic mass is 9.87. The van der Waals surface area contributed by atoms with Crippen molar-refractivity contribution in [1.29, 1.82) is 0 Å². The first-order valence-electron chi connectivity index (χ1n) is 3.72. The Morgan fingerprint density at radius 1 is 1.30 bits per heavy atom. The summed E-state index contributed by atoms with van der Waals surface area (Å²) >= 11 is 0. The van der Waals surface area contributed by atoms with Gasteiger partial charge in [-0.15, -0.1) is 0 Å². The summed E-state index contributed by atoms with van der Waals surface area (Å²) in [6.07, 6.45) is 4.95. The Morgan fingerprint density at radius 3 is 2.30 bits per heavy atom. The molecule has 0 amide bonds. The molecule has 10 heavy (non-hydrogen) atoms. The highest BCUT2D eigenvalue weighted by Crippen LogP contribution is 2.24. The third-order valence-electron chi connectivity index (χ3n) is 2.14. The van der Waals surface area contributed by atoms with E-state index in [1.807, 2.05) is 0 Å². The Balaban J connectivity index is 2.32. The van der Waals surface area contributed by atoms with Gasteiger partial charge in [0.2, 0.25) is 0 Å². The summed E-state index contributed by atoms with van der Waals surface area (Å²) in [5, 5.41) is 0. The lowest BCUT2D eigenvalue weighted by Crippen LogP contribution is -2.16. The zero-order valence-corrected chi connectivity index (χ0v) is 5.99. The van der Waals surface area contributed by atoms with Gasteiger partial charge < -0.3 is 4.79 Å². The van der Waals surface area contributed by atoms with Gasteiger partial charge in [-0.05, 0) is 12.8 Å². The molecule has 0 saturated heterocycles. The largest absolute Gasteiger partial charge is 0.303 e. The van der Waals surface area contributed by atoms with Crippen molar-refractivity contribution >= 4 is 6.29 Å².